The Morgan fingerprint density at radius 1 is 1.23 bits per heavy atom. The van der Waals surface area contributed by atoms with Crippen LogP contribution in [0.2, 0.25) is 0 Å². The van der Waals surface area contributed by atoms with E-state index in [-0.39, 0.29) is 22.8 Å². The van der Waals surface area contributed by atoms with Gasteiger partial charge >= 0.3 is 24.2 Å². The van der Waals surface area contributed by atoms with Crippen LogP contribution in [-0.4, -0.2) is 36.9 Å². The first-order valence-corrected chi connectivity index (χ1v) is 7.90. The van der Waals surface area contributed by atoms with Crippen molar-refractivity contribution < 1.29 is 40.7 Å². The van der Waals surface area contributed by atoms with Gasteiger partial charge in [0, 0.05) is 6.42 Å². The highest BCUT2D eigenvalue weighted by molar-refractivity contribution is 5.91. The molecule has 0 spiro atoms. The van der Waals surface area contributed by atoms with E-state index in [1.165, 1.54) is 6.08 Å². The molecule has 0 heterocycles. The Balaban J connectivity index is 2.45. The Kier molecular flexibility index (Phi) is 4.87. The molecular weight excluding hydrogens is 368 g/mol. The number of ether oxygens (including phenoxy) is 1. The monoisotopic (exact) mass is 387 g/mol. The molecule has 2 bridgehead atoms. The average molecular weight is 387 g/mol. The van der Waals surface area contributed by atoms with Crippen LogP contribution >= 0.6 is 0 Å². The van der Waals surface area contributed by atoms with E-state index >= 15 is 0 Å². The lowest BCUT2D eigenvalue weighted by Crippen LogP contribution is -2.67. The first-order valence-electron chi connectivity index (χ1n) is 7.90. The van der Waals surface area contributed by atoms with Crippen LogP contribution in [0.25, 0.3) is 0 Å². The summed E-state index contributed by atoms with van der Waals surface area (Å²) in [5.74, 6) is -4.85. The van der Waals surface area contributed by atoms with Crippen LogP contribution in [0.15, 0.2) is 11.6 Å². The average Bonchev–Trinajstić information content (AvgIpc) is 2.51. The fourth-order valence-corrected chi connectivity index (χ4v) is 3.88. The molecule has 1 unspecified atom stereocenters. The number of esters is 1. The number of hydrogen-bond acceptors (Lipinski definition) is 3. The third-order valence-electron chi connectivity index (χ3n) is 5.65. The number of hydrogen-bond donors (Lipinski definition) is 1. The Hall–Kier alpha value is -1.74. The number of alkyl halides is 6. The molecule has 148 valence electrons. The quantitative estimate of drug-likeness (QED) is 0.456. The van der Waals surface area contributed by atoms with E-state index in [2.05, 4.69) is 4.74 Å². The Morgan fingerprint density at radius 2 is 1.81 bits per heavy atom. The van der Waals surface area contributed by atoms with Crippen molar-refractivity contribution in [3.63, 3.8) is 0 Å². The highest BCUT2D eigenvalue weighted by atomic mass is 19.4. The van der Waals surface area contributed by atoms with Gasteiger partial charge in [0.05, 0.1) is 7.11 Å². The topological polar surface area (TPSA) is 55.4 Å². The van der Waals surface area contributed by atoms with Gasteiger partial charge in [0.1, 0.15) is 0 Å². The van der Waals surface area contributed by atoms with Gasteiger partial charge in [-0.05, 0) is 30.1 Å². The molecule has 1 saturated carbocycles. The lowest BCUT2D eigenvalue weighted by Gasteiger charge is -2.57. The fraction of sp³-hybridized carbons (Fsp3) is 0.750. The summed E-state index contributed by atoms with van der Waals surface area (Å²) < 4.78 is 83.1. The number of nitrogens with one attached hydrogen (secondary N) is 1. The molecule has 1 fully saturated rings. The van der Waals surface area contributed by atoms with Crippen molar-refractivity contribution >= 4 is 11.9 Å². The zero-order chi connectivity index (χ0) is 20.1. The molecule has 0 aromatic heterocycles. The van der Waals surface area contributed by atoms with Crippen LogP contribution < -0.4 is 5.32 Å². The summed E-state index contributed by atoms with van der Waals surface area (Å²) in [6.45, 7) is 3.72. The van der Waals surface area contributed by atoms with Crippen LogP contribution in [0.4, 0.5) is 26.3 Å². The molecule has 0 aromatic carbocycles. The van der Waals surface area contributed by atoms with E-state index in [1.807, 2.05) is 13.8 Å². The van der Waals surface area contributed by atoms with E-state index in [9.17, 15) is 35.9 Å². The molecule has 3 rings (SSSR count). The van der Waals surface area contributed by atoms with Gasteiger partial charge in [0.2, 0.25) is 5.54 Å². The van der Waals surface area contributed by atoms with Crippen LogP contribution in [-0.2, 0) is 14.3 Å². The van der Waals surface area contributed by atoms with E-state index in [0.29, 0.717) is 20.0 Å². The molecule has 10 heteroatoms. The van der Waals surface area contributed by atoms with Gasteiger partial charge in [-0.15, -0.1) is 0 Å². The third-order valence-corrected chi connectivity index (χ3v) is 5.65. The van der Waals surface area contributed by atoms with E-state index in [4.69, 9.17) is 0 Å². The van der Waals surface area contributed by atoms with Gasteiger partial charge in [-0.3, -0.25) is 4.79 Å². The maximum atomic E-state index is 13.7. The summed E-state index contributed by atoms with van der Waals surface area (Å²) >= 11 is 0. The van der Waals surface area contributed by atoms with Gasteiger partial charge < -0.3 is 10.1 Å². The van der Waals surface area contributed by atoms with Gasteiger partial charge in [-0.1, -0.05) is 25.5 Å². The summed E-state index contributed by atoms with van der Waals surface area (Å²) in [6, 6.07) is 0. The second kappa shape index (κ2) is 6.16. The smallest absolute Gasteiger partial charge is 0.467 e. The molecule has 26 heavy (non-hydrogen) atoms. The van der Waals surface area contributed by atoms with Crippen molar-refractivity contribution in [2.75, 3.05) is 7.11 Å². The number of carbonyl (C=O) groups excluding carboxylic acids is 2. The van der Waals surface area contributed by atoms with Crippen LogP contribution in [0.5, 0.6) is 0 Å². The number of methoxy groups -OCH3 is 1. The molecule has 3 aliphatic rings. The van der Waals surface area contributed by atoms with Crippen LogP contribution in [0.1, 0.15) is 33.1 Å². The van der Waals surface area contributed by atoms with Gasteiger partial charge in [-0.2, -0.15) is 26.3 Å². The number of rotatable bonds is 4. The first-order chi connectivity index (χ1) is 11.7. The highest BCUT2D eigenvalue weighted by Gasteiger charge is 2.66. The standard InChI is InChI=1S/C16H19F6NO3/c1-13(2)9-5-4-8(10(13)6-9)7-14(12(25)26-3,16(20,21)22)23-11(24)15(17,18)19/h4,9-10H,5-7H2,1-3H3,(H,23,24)/t9-,10-,14?/m1/s1. The van der Waals surface area contributed by atoms with Crippen molar-refractivity contribution in [2.24, 2.45) is 17.3 Å². The first kappa shape index (κ1) is 20.6. The van der Waals surface area contributed by atoms with Crippen LogP contribution in [0.3, 0.4) is 0 Å². The molecule has 3 aliphatic carbocycles. The Morgan fingerprint density at radius 3 is 2.19 bits per heavy atom. The minimum absolute atomic E-state index is 0.211. The number of fused-ring (bicyclic) bond motifs is 1. The van der Waals surface area contributed by atoms with Crippen molar-refractivity contribution in [1.82, 2.24) is 5.32 Å². The number of allylic oxidation sites excluding steroid dienone is 1. The molecule has 0 radical (unpaired) electrons. The second-order valence-electron chi connectivity index (χ2n) is 7.34. The number of halogens is 6. The molecule has 1 amide bonds. The van der Waals surface area contributed by atoms with Crippen molar-refractivity contribution in [3.05, 3.63) is 11.6 Å². The van der Waals surface area contributed by atoms with Crippen LogP contribution in [0, 0.1) is 17.3 Å². The third kappa shape index (κ3) is 3.18. The maximum absolute atomic E-state index is 13.7. The van der Waals surface area contributed by atoms with E-state index < -0.39 is 36.2 Å². The van der Waals surface area contributed by atoms with Crippen molar-refractivity contribution in [2.45, 2.75) is 51.0 Å². The van der Waals surface area contributed by atoms with Gasteiger partial charge in [0.15, 0.2) is 0 Å². The predicted molar refractivity (Wildman–Crippen MR) is 77.7 cm³/mol. The summed E-state index contributed by atoms with van der Waals surface area (Å²) in [6.07, 6.45) is -9.57. The van der Waals surface area contributed by atoms with Gasteiger partial charge in [0.25, 0.3) is 0 Å². The predicted octanol–water partition coefficient (Wildman–Crippen LogP) is 3.52. The lowest BCUT2D eigenvalue weighted by atomic mass is 9.48. The summed E-state index contributed by atoms with van der Waals surface area (Å²) in [5.41, 5.74) is -3.90. The maximum Gasteiger partial charge on any atom is 0.471 e. The summed E-state index contributed by atoms with van der Waals surface area (Å²) in [7, 11) is 0.626. The second-order valence-corrected chi connectivity index (χ2v) is 7.34. The molecule has 0 aromatic rings. The number of carbonyl (C=O) groups is 2. The lowest BCUT2D eigenvalue weighted by molar-refractivity contribution is -0.220. The van der Waals surface area contributed by atoms with Crippen molar-refractivity contribution in [1.29, 1.82) is 0 Å². The molecule has 3 atom stereocenters. The zero-order valence-electron chi connectivity index (χ0n) is 14.3. The molecule has 0 aliphatic heterocycles. The SMILES string of the molecule is COC(=O)C(CC1=CC[C@@H]2C[C@H]1C2(C)C)(NC(=O)C(F)(F)F)C(F)(F)F. The fourth-order valence-electron chi connectivity index (χ4n) is 3.88. The molecular formula is C16H19F6NO3. The zero-order valence-corrected chi connectivity index (χ0v) is 14.3. The van der Waals surface area contributed by atoms with Crippen molar-refractivity contribution in [3.8, 4) is 0 Å². The summed E-state index contributed by atoms with van der Waals surface area (Å²) in [5, 5.41) is 0.869. The van der Waals surface area contributed by atoms with E-state index in [0.717, 1.165) is 5.32 Å². The highest BCUT2D eigenvalue weighted by Crippen LogP contribution is 2.60. The minimum Gasteiger partial charge on any atom is -0.467 e. The minimum atomic E-state index is -5.58. The van der Waals surface area contributed by atoms with E-state index in [1.54, 1.807) is 0 Å². The Bertz CT molecular complexity index is 637. The molecule has 4 nitrogen and oxygen atoms in total. The Labute approximate surface area is 145 Å². The molecule has 1 N–H and O–H groups in total. The molecule has 0 saturated heterocycles. The van der Waals surface area contributed by atoms with Gasteiger partial charge in [-0.25, -0.2) is 4.79 Å². The largest absolute Gasteiger partial charge is 0.471 e. The summed E-state index contributed by atoms with van der Waals surface area (Å²) in [4.78, 5) is 23.2. The normalized spacial score (nSPS) is 26.9. The number of amides is 1.